The lowest BCUT2D eigenvalue weighted by Crippen LogP contribution is -2.44. The van der Waals surface area contributed by atoms with Crippen LogP contribution in [0.3, 0.4) is 0 Å². The van der Waals surface area contributed by atoms with Gasteiger partial charge in [0.05, 0.1) is 72.0 Å². The molecule has 0 spiro atoms. The van der Waals surface area contributed by atoms with Gasteiger partial charge in [0, 0.05) is 128 Å². The molecule has 0 heterocycles. The second-order valence-corrected chi connectivity index (χ2v) is 32.4. The van der Waals surface area contributed by atoms with Crippen molar-refractivity contribution in [3.63, 3.8) is 0 Å². The third kappa shape index (κ3) is 77.6. The van der Waals surface area contributed by atoms with E-state index in [2.05, 4.69) is 37.2 Å². The van der Waals surface area contributed by atoms with Crippen LogP contribution in [-0.2, 0) is 124 Å². The third-order valence-corrected chi connectivity index (χ3v) is 21.0. The summed E-state index contributed by atoms with van der Waals surface area (Å²) in [5, 5.41) is 73.8. The fourth-order valence-electron chi connectivity index (χ4n) is 13.3. The molecule has 0 aromatic carbocycles. The van der Waals surface area contributed by atoms with E-state index in [1.54, 1.807) is 0 Å². The smallest absolute Gasteiger partial charge is 0.326 e. The molecule has 0 aliphatic carbocycles. The van der Waals surface area contributed by atoms with Gasteiger partial charge >= 0.3 is 35.8 Å². The molecular formula is C90H153N7O32. The zero-order chi connectivity index (χ0) is 95.7. The summed E-state index contributed by atoms with van der Waals surface area (Å²) in [7, 11) is 0. The van der Waals surface area contributed by atoms with E-state index in [1.807, 2.05) is 6.92 Å². The number of rotatable bonds is 95. The van der Waals surface area contributed by atoms with E-state index in [0.29, 0.717) is 90.1 Å². The molecule has 0 aromatic rings. The lowest BCUT2D eigenvalue weighted by atomic mass is 9.87. The molecule has 6 atom stereocenters. The molecule has 0 rings (SSSR count). The minimum Gasteiger partial charge on any atom is -0.481 e. The zero-order valence-electron chi connectivity index (χ0n) is 76.5. The Morgan fingerprint density at radius 2 is 0.566 bits per heavy atom. The van der Waals surface area contributed by atoms with Crippen molar-refractivity contribution in [3.05, 3.63) is 0 Å². The van der Waals surface area contributed by atoms with E-state index in [4.69, 9.17) is 48.1 Å². The van der Waals surface area contributed by atoms with E-state index in [9.17, 15) is 107 Å². The maximum absolute atomic E-state index is 13.1. The van der Waals surface area contributed by atoms with Crippen LogP contribution in [0.15, 0.2) is 0 Å². The van der Waals surface area contributed by atoms with Gasteiger partial charge < -0.3 is 106 Å². The van der Waals surface area contributed by atoms with Crippen molar-refractivity contribution in [1.29, 1.82) is 0 Å². The number of hydrogen-bond acceptors (Lipinski definition) is 26. The minimum absolute atomic E-state index is 0.0131. The van der Waals surface area contributed by atoms with Gasteiger partial charge in [-0.15, -0.1) is 0 Å². The SMILES string of the molecule is CC(=O)[C@H](CCCCNC(=O)COCCOCCNC(=O)COCCOCCCC(=O)CC[C@H](NC(=O)CC[C@H](CC(=O)CCCCCCCCCCCCC(=O)O)C(=O)O)C(=O)O)CC(=O)[C@@H](C)CCCCNC(=O)COCCOCCCC(=O)COCCOCCNC(=O)CC[C@H](NC(=O)CC[C@H](NC(=O)CCCCCCCCCCCCC(=O)O)C(=O)O)C(=O)O. The summed E-state index contributed by atoms with van der Waals surface area (Å²) >= 11 is 0. The van der Waals surface area contributed by atoms with E-state index in [0.717, 1.165) is 103 Å². The van der Waals surface area contributed by atoms with Crippen LogP contribution in [-0.4, -0.2) is 287 Å². The van der Waals surface area contributed by atoms with Crippen LogP contribution in [0.4, 0.5) is 0 Å². The number of carbonyl (C=O) groups excluding carboxylic acids is 12. The highest BCUT2D eigenvalue weighted by Gasteiger charge is 2.28. The van der Waals surface area contributed by atoms with E-state index >= 15 is 0 Å². The average Bonchev–Trinajstić information content (AvgIpc) is 0.915. The number of ketones is 5. The number of carbonyl (C=O) groups is 18. The van der Waals surface area contributed by atoms with Crippen LogP contribution in [0.2, 0.25) is 0 Å². The van der Waals surface area contributed by atoms with Crippen molar-refractivity contribution in [3.8, 4) is 0 Å². The van der Waals surface area contributed by atoms with Crippen LogP contribution in [0, 0.1) is 17.8 Å². The molecule has 39 heteroatoms. The highest BCUT2D eigenvalue weighted by Crippen LogP contribution is 2.22. The average molecular weight is 1850 g/mol. The molecule has 0 aromatic heterocycles. The molecule has 0 aliphatic rings. The summed E-state index contributed by atoms with van der Waals surface area (Å²) in [6, 6.07) is -4.14. The lowest BCUT2D eigenvalue weighted by molar-refractivity contribution is -0.145. The largest absolute Gasteiger partial charge is 0.481 e. The Labute approximate surface area is 759 Å². The number of ether oxygens (including phenoxy) is 8. The Hall–Kier alpha value is -8.86. The summed E-state index contributed by atoms with van der Waals surface area (Å²) in [6.45, 7) is 5.52. The van der Waals surface area contributed by atoms with Crippen molar-refractivity contribution in [2.24, 2.45) is 17.8 Å². The second kappa shape index (κ2) is 82.3. The summed E-state index contributed by atoms with van der Waals surface area (Å²) < 4.78 is 43.3. The molecular weight excluding hydrogens is 1690 g/mol. The summed E-state index contributed by atoms with van der Waals surface area (Å²) in [4.78, 5) is 218. The molecule has 129 heavy (non-hydrogen) atoms. The number of hydrogen-bond donors (Lipinski definition) is 13. The van der Waals surface area contributed by atoms with Crippen LogP contribution in [0.5, 0.6) is 0 Å². The van der Waals surface area contributed by atoms with Gasteiger partial charge in [-0.3, -0.25) is 71.9 Å². The first-order valence-electron chi connectivity index (χ1n) is 46.4. The van der Waals surface area contributed by atoms with Crippen molar-refractivity contribution < 1.29 is 155 Å². The standard InChI is InChI=1S/C90H153N7O32/c1-67(29-23-25-45-91-82(107)64-127-58-54-123-50-28-33-73(101)63-126-57-55-124-51-47-93-78(103)43-40-75(89(118)119)97-81(106)44-41-76(90(120)121)95-79(104)34-20-16-12-8-4-6-10-14-18-22-36-86(112)113)77(102)62-69(68(2)98)30-24-26-46-92-83(108)65-129-60-56-125-52-48-94-84(109)66-128-59-53-122-49-27-32-71(99)38-39-74(88(116)117)96-80(105)42-37-70(87(114)115)61-72(100)31-19-15-11-7-3-5-9-13-17-21-35-85(110)111/h67,69-70,74-76H,3-66H2,1-2H3,(H,91,107)(H,92,108)(H,93,103)(H,94,109)(H,95,104)(H,96,105)(H,97,106)(H,110,111)(H,112,113)(H,114,115)(H,116,117)(H,118,119)(H,120,121)/t67-,69+,70+,74-,75-,76-/m0/s1. The lowest BCUT2D eigenvalue weighted by Gasteiger charge is -2.17. The molecule has 13 N–H and O–H groups in total. The number of unbranched alkanes of at least 4 members (excludes halogenated alkanes) is 20. The van der Waals surface area contributed by atoms with Crippen molar-refractivity contribution in [2.45, 2.75) is 314 Å². The van der Waals surface area contributed by atoms with Gasteiger partial charge in [0.15, 0.2) is 5.78 Å². The minimum atomic E-state index is -1.42. The third-order valence-electron chi connectivity index (χ3n) is 21.0. The van der Waals surface area contributed by atoms with Crippen LogP contribution in [0.1, 0.15) is 296 Å². The first kappa shape index (κ1) is 120. The van der Waals surface area contributed by atoms with Gasteiger partial charge in [-0.25, -0.2) is 14.4 Å². The second-order valence-electron chi connectivity index (χ2n) is 32.4. The topological polar surface area (TPSA) is 587 Å². The maximum atomic E-state index is 13.1. The molecule has 39 nitrogen and oxygen atoms in total. The Morgan fingerprint density at radius 1 is 0.240 bits per heavy atom. The predicted octanol–water partition coefficient (Wildman–Crippen LogP) is 7.44. The number of amides is 7. The highest BCUT2D eigenvalue weighted by molar-refractivity contribution is 5.89. The molecule has 740 valence electrons. The fraction of sp³-hybridized carbons (Fsp3) is 0.800. The van der Waals surface area contributed by atoms with E-state index in [-0.39, 0.29) is 274 Å². The van der Waals surface area contributed by atoms with Gasteiger partial charge in [-0.2, -0.15) is 0 Å². The molecule has 0 radical (unpaired) electrons. The molecule has 0 fully saturated rings. The Kier molecular flexibility index (Phi) is 76.7. The monoisotopic (exact) mass is 1840 g/mol. The van der Waals surface area contributed by atoms with Crippen molar-refractivity contribution in [2.75, 3.05) is 132 Å². The summed E-state index contributed by atoms with van der Waals surface area (Å²) in [5.74, 6) is -12.8. The van der Waals surface area contributed by atoms with Crippen molar-refractivity contribution >= 4 is 106 Å². The van der Waals surface area contributed by atoms with E-state index in [1.165, 1.54) is 6.92 Å². The molecule has 7 amide bonds. The number of aliphatic carboxylic acids is 6. The molecule has 0 saturated carbocycles. The summed E-state index contributed by atoms with van der Waals surface area (Å²) in [5.41, 5.74) is 0. The molecule has 0 saturated heterocycles. The first-order valence-corrected chi connectivity index (χ1v) is 46.4. The normalized spacial score (nSPS) is 12.6. The van der Waals surface area contributed by atoms with Gasteiger partial charge in [0.2, 0.25) is 41.4 Å². The van der Waals surface area contributed by atoms with Gasteiger partial charge in [-0.1, -0.05) is 122 Å². The molecule has 0 unspecified atom stereocenters. The number of Topliss-reactive ketones (excluding diaryl/α,β-unsaturated/α-hetero) is 5. The van der Waals surface area contributed by atoms with Crippen LogP contribution < -0.4 is 37.2 Å². The van der Waals surface area contributed by atoms with Gasteiger partial charge in [0.1, 0.15) is 67.7 Å². The van der Waals surface area contributed by atoms with Crippen LogP contribution in [0.25, 0.3) is 0 Å². The first-order chi connectivity index (χ1) is 61.9. The van der Waals surface area contributed by atoms with E-state index < -0.39 is 89.4 Å². The maximum Gasteiger partial charge on any atom is 0.326 e. The Bertz CT molecular complexity index is 3220. The van der Waals surface area contributed by atoms with Gasteiger partial charge in [-0.05, 0) is 96.8 Å². The fourth-order valence-corrected chi connectivity index (χ4v) is 13.3. The Morgan fingerprint density at radius 3 is 0.977 bits per heavy atom. The van der Waals surface area contributed by atoms with Crippen LogP contribution >= 0.6 is 0 Å². The van der Waals surface area contributed by atoms with Gasteiger partial charge in [0.25, 0.3) is 0 Å². The molecule has 0 aliphatic heterocycles. The van der Waals surface area contributed by atoms with Crippen molar-refractivity contribution in [1.82, 2.24) is 37.2 Å². The summed E-state index contributed by atoms with van der Waals surface area (Å²) in [6.07, 6.45) is 21.7. The number of carboxylic acid groups (broad SMARTS) is 6. The highest BCUT2D eigenvalue weighted by atomic mass is 16.5. The molecule has 0 bridgehead atoms. The quantitative estimate of drug-likeness (QED) is 0.0263. The Balaban J connectivity index is 3.97. The zero-order valence-corrected chi connectivity index (χ0v) is 76.5. The number of carboxylic acids is 6. The predicted molar refractivity (Wildman–Crippen MR) is 470 cm³/mol. The number of nitrogens with one attached hydrogen (secondary N) is 7.